The fraction of sp³-hybridized carbons (Fsp3) is 0. The normalized spacial score (nSPS) is 11.3. The first-order valence-electron chi connectivity index (χ1n) is 14.1. The van der Waals surface area contributed by atoms with Crippen molar-refractivity contribution in [3.05, 3.63) is 151 Å². The number of pyridine rings is 1. The van der Waals surface area contributed by atoms with E-state index in [0.29, 0.717) is 5.56 Å². The second-order valence-corrected chi connectivity index (χ2v) is 10.7. The van der Waals surface area contributed by atoms with Crippen LogP contribution in [0.4, 0.5) is 0 Å². The summed E-state index contributed by atoms with van der Waals surface area (Å²) in [6.45, 7) is 0. The van der Waals surface area contributed by atoms with Crippen molar-refractivity contribution in [3.63, 3.8) is 0 Å². The van der Waals surface area contributed by atoms with Gasteiger partial charge >= 0.3 is 0 Å². The summed E-state index contributed by atoms with van der Waals surface area (Å²) in [5, 5.41) is 17.7. The summed E-state index contributed by atoms with van der Waals surface area (Å²) in [5.74, 6) is 0. The number of fused-ring (bicyclic) bond motifs is 5. The molecule has 2 nitrogen and oxygen atoms in total. The summed E-state index contributed by atoms with van der Waals surface area (Å²) in [4.78, 5) is 5.33. The Labute approximate surface area is 243 Å². The highest BCUT2D eigenvalue weighted by Crippen LogP contribution is 2.41. The van der Waals surface area contributed by atoms with Crippen LogP contribution in [0.1, 0.15) is 5.56 Å². The van der Waals surface area contributed by atoms with Gasteiger partial charge in [-0.05, 0) is 85.6 Å². The Morgan fingerprint density at radius 3 is 1.67 bits per heavy atom. The first-order valence-corrected chi connectivity index (χ1v) is 14.1. The maximum atomic E-state index is 9.45. The fourth-order valence-corrected chi connectivity index (χ4v) is 6.11. The molecular formula is C40H24N2. The van der Waals surface area contributed by atoms with Crippen LogP contribution >= 0.6 is 0 Å². The first-order chi connectivity index (χ1) is 20.7. The van der Waals surface area contributed by atoms with Crippen molar-refractivity contribution in [1.82, 2.24) is 4.98 Å². The zero-order valence-corrected chi connectivity index (χ0v) is 22.8. The molecule has 0 aliphatic carbocycles. The van der Waals surface area contributed by atoms with Crippen molar-refractivity contribution in [2.24, 2.45) is 0 Å². The first kappa shape index (κ1) is 24.1. The van der Waals surface area contributed by atoms with Gasteiger partial charge in [0.1, 0.15) is 0 Å². The van der Waals surface area contributed by atoms with E-state index in [1.54, 1.807) is 0 Å². The molecule has 0 N–H and O–H groups in total. The molecule has 8 rings (SSSR count). The summed E-state index contributed by atoms with van der Waals surface area (Å²) in [5.41, 5.74) is 8.14. The number of hydrogen-bond donors (Lipinski definition) is 0. The average Bonchev–Trinajstić information content (AvgIpc) is 3.07. The minimum atomic E-state index is 0.647. The molecule has 0 atom stereocenters. The Morgan fingerprint density at radius 1 is 0.429 bits per heavy atom. The molecule has 0 spiro atoms. The number of rotatable bonds is 3. The molecule has 2 heteroatoms. The Bertz CT molecular complexity index is 2360. The predicted molar refractivity (Wildman–Crippen MR) is 175 cm³/mol. The van der Waals surface area contributed by atoms with Crippen LogP contribution in [0.2, 0.25) is 0 Å². The van der Waals surface area contributed by atoms with Crippen LogP contribution in [0, 0.1) is 11.3 Å². The molecular weight excluding hydrogens is 508 g/mol. The van der Waals surface area contributed by atoms with Crippen LogP contribution in [0.5, 0.6) is 0 Å². The third kappa shape index (κ3) is 4.00. The summed E-state index contributed by atoms with van der Waals surface area (Å²) in [7, 11) is 0. The maximum Gasteiger partial charge on any atom is 0.0991 e. The van der Waals surface area contributed by atoms with Crippen LogP contribution in [-0.2, 0) is 0 Å². The van der Waals surface area contributed by atoms with Crippen LogP contribution in [-0.4, -0.2) is 4.98 Å². The van der Waals surface area contributed by atoms with E-state index in [2.05, 4.69) is 127 Å². The van der Waals surface area contributed by atoms with Crippen molar-refractivity contribution < 1.29 is 0 Å². The molecule has 194 valence electrons. The van der Waals surface area contributed by atoms with E-state index in [1.165, 1.54) is 38.1 Å². The van der Waals surface area contributed by atoms with E-state index in [4.69, 9.17) is 4.98 Å². The fourth-order valence-electron chi connectivity index (χ4n) is 6.11. The molecule has 0 saturated carbocycles. The van der Waals surface area contributed by atoms with Crippen molar-refractivity contribution in [3.8, 4) is 39.6 Å². The third-order valence-corrected chi connectivity index (χ3v) is 8.25. The predicted octanol–water partition coefficient (Wildman–Crippen LogP) is 10.6. The molecule has 0 aliphatic heterocycles. The summed E-state index contributed by atoms with van der Waals surface area (Å²) in [6, 6.07) is 53.4. The van der Waals surface area contributed by atoms with E-state index < -0.39 is 0 Å². The van der Waals surface area contributed by atoms with E-state index in [0.717, 1.165) is 38.7 Å². The van der Waals surface area contributed by atoms with Gasteiger partial charge in [-0.15, -0.1) is 0 Å². The molecule has 0 bridgehead atoms. The second-order valence-electron chi connectivity index (χ2n) is 10.7. The SMILES string of the molecule is N#Cc1ccc(-c2cc(-c3ccc4ccccc4c3)nc3c2cc(-c2ccc4ccccc4c2)c2ccccc23)cc1. The van der Waals surface area contributed by atoms with Gasteiger partial charge in [-0.2, -0.15) is 5.26 Å². The highest BCUT2D eigenvalue weighted by molar-refractivity contribution is 6.16. The largest absolute Gasteiger partial charge is 0.247 e. The van der Waals surface area contributed by atoms with Crippen molar-refractivity contribution in [2.45, 2.75) is 0 Å². The van der Waals surface area contributed by atoms with Crippen LogP contribution < -0.4 is 0 Å². The lowest BCUT2D eigenvalue weighted by atomic mass is 9.90. The second kappa shape index (κ2) is 9.70. The molecule has 7 aromatic carbocycles. The summed E-state index contributed by atoms with van der Waals surface area (Å²) >= 11 is 0. The lowest BCUT2D eigenvalue weighted by Gasteiger charge is -2.16. The number of hydrogen-bond acceptors (Lipinski definition) is 2. The van der Waals surface area contributed by atoms with Crippen LogP contribution in [0.3, 0.4) is 0 Å². The van der Waals surface area contributed by atoms with Crippen molar-refractivity contribution in [2.75, 3.05) is 0 Å². The number of benzene rings is 7. The van der Waals surface area contributed by atoms with Gasteiger partial charge in [0.15, 0.2) is 0 Å². The Balaban J connectivity index is 1.45. The van der Waals surface area contributed by atoms with Crippen molar-refractivity contribution in [1.29, 1.82) is 5.26 Å². The highest BCUT2D eigenvalue weighted by Gasteiger charge is 2.16. The molecule has 1 heterocycles. The van der Waals surface area contributed by atoms with Gasteiger partial charge in [-0.1, -0.05) is 109 Å². The number of aromatic nitrogens is 1. The smallest absolute Gasteiger partial charge is 0.0991 e. The molecule has 0 aliphatic rings. The maximum absolute atomic E-state index is 9.45. The van der Waals surface area contributed by atoms with Gasteiger partial charge in [-0.3, -0.25) is 0 Å². The van der Waals surface area contributed by atoms with E-state index >= 15 is 0 Å². The quantitative estimate of drug-likeness (QED) is 0.212. The third-order valence-electron chi connectivity index (χ3n) is 8.25. The zero-order chi connectivity index (χ0) is 28.0. The van der Waals surface area contributed by atoms with Crippen LogP contribution in [0.25, 0.3) is 76.7 Å². The standard InChI is InChI=1S/C40H24N2/c41-25-26-13-15-29(16-14-26)37-24-39(33-20-18-28-8-2-4-10-31(28)22-33)42-40-35-12-6-5-11-34(35)36(23-38(37)40)32-19-17-27-7-1-3-9-30(27)21-32/h1-24H. The topological polar surface area (TPSA) is 36.7 Å². The Hall–Kier alpha value is -5.78. The number of nitriles is 1. The van der Waals surface area contributed by atoms with E-state index in [9.17, 15) is 5.26 Å². The minimum absolute atomic E-state index is 0.647. The lowest BCUT2D eigenvalue weighted by Crippen LogP contribution is -1.93. The lowest BCUT2D eigenvalue weighted by molar-refractivity contribution is 1.41. The van der Waals surface area contributed by atoms with Gasteiger partial charge in [0.05, 0.1) is 22.8 Å². The summed E-state index contributed by atoms with van der Waals surface area (Å²) < 4.78 is 0. The molecule has 0 amide bonds. The van der Waals surface area contributed by atoms with E-state index in [1.807, 2.05) is 24.3 Å². The van der Waals surface area contributed by atoms with Gasteiger partial charge in [-0.25, -0.2) is 4.98 Å². The average molecular weight is 533 g/mol. The van der Waals surface area contributed by atoms with Gasteiger partial charge < -0.3 is 0 Å². The molecule has 0 radical (unpaired) electrons. The molecule has 8 aromatic rings. The minimum Gasteiger partial charge on any atom is -0.247 e. The zero-order valence-electron chi connectivity index (χ0n) is 22.8. The van der Waals surface area contributed by atoms with Gasteiger partial charge in [0.2, 0.25) is 0 Å². The number of nitrogens with zero attached hydrogens (tertiary/aromatic N) is 2. The Morgan fingerprint density at radius 2 is 0.976 bits per heavy atom. The molecule has 0 fully saturated rings. The van der Waals surface area contributed by atoms with Crippen LogP contribution in [0.15, 0.2) is 146 Å². The monoisotopic (exact) mass is 532 g/mol. The molecule has 1 aromatic heterocycles. The Kier molecular flexibility index (Phi) is 5.55. The molecule has 0 saturated heterocycles. The van der Waals surface area contributed by atoms with Gasteiger partial charge in [0, 0.05) is 16.3 Å². The summed E-state index contributed by atoms with van der Waals surface area (Å²) in [6.07, 6.45) is 0. The van der Waals surface area contributed by atoms with Crippen molar-refractivity contribution >= 4 is 43.2 Å². The highest BCUT2D eigenvalue weighted by atomic mass is 14.7. The van der Waals surface area contributed by atoms with E-state index in [-0.39, 0.29) is 0 Å². The molecule has 42 heavy (non-hydrogen) atoms. The van der Waals surface area contributed by atoms with Gasteiger partial charge in [0.25, 0.3) is 0 Å². The molecule has 0 unspecified atom stereocenters.